The first-order chi connectivity index (χ1) is 11.3. The third kappa shape index (κ3) is 3.61. The third-order valence-electron chi connectivity index (χ3n) is 4.21. The van der Waals surface area contributed by atoms with Crippen molar-refractivity contribution in [1.29, 1.82) is 0 Å². The average molecular weight is 306 g/mol. The Hall–Kier alpha value is -2.16. The number of rotatable bonds is 8. The number of epoxide rings is 1. The normalized spacial score (nSPS) is 18.9. The minimum absolute atomic E-state index is 0.209. The average Bonchev–Trinajstić information content (AvgIpc) is 3.44. The lowest BCUT2D eigenvalue weighted by atomic mass is 9.84. The summed E-state index contributed by atoms with van der Waals surface area (Å²) in [6.07, 6.45) is 4.72. The first kappa shape index (κ1) is 15.7. The van der Waals surface area contributed by atoms with Gasteiger partial charge in [-0.25, -0.2) is 0 Å². The lowest BCUT2D eigenvalue weighted by molar-refractivity contribution is -0.0195. The molecule has 1 heterocycles. The molecular formula is C21H22O2. The fourth-order valence-electron chi connectivity index (χ4n) is 2.83. The highest BCUT2D eigenvalue weighted by molar-refractivity contribution is 5.55. The van der Waals surface area contributed by atoms with E-state index in [1.165, 1.54) is 5.56 Å². The first-order valence-corrected chi connectivity index (χ1v) is 7.92. The second-order valence-electron chi connectivity index (χ2n) is 5.81. The molecule has 0 amide bonds. The van der Waals surface area contributed by atoms with Gasteiger partial charge in [0.15, 0.2) is 0 Å². The van der Waals surface area contributed by atoms with E-state index >= 15 is 0 Å². The number of benzene rings is 2. The van der Waals surface area contributed by atoms with Gasteiger partial charge in [0.2, 0.25) is 0 Å². The molecule has 2 heteroatoms. The van der Waals surface area contributed by atoms with E-state index < -0.39 is 5.60 Å². The molecule has 23 heavy (non-hydrogen) atoms. The number of ether oxygens (including phenoxy) is 2. The van der Waals surface area contributed by atoms with Crippen molar-refractivity contribution < 1.29 is 9.47 Å². The Morgan fingerprint density at radius 2 is 1.78 bits per heavy atom. The van der Waals surface area contributed by atoms with Crippen LogP contribution in [0.25, 0.3) is 6.08 Å². The van der Waals surface area contributed by atoms with Gasteiger partial charge in [0.25, 0.3) is 0 Å². The van der Waals surface area contributed by atoms with Gasteiger partial charge in [-0.15, -0.1) is 0 Å². The van der Waals surface area contributed by atoms with Crippen molar-refractivity contribution >= 4 is 6.08 Å². The number of hydrogen-bond donors (Lipinski definition) is 0. The standard InChI is InChI=1S/C21H22O2/c1-3-18-12-8-9-13-20(18)21(4-2,23-16-19-15-22-19)14-17-10-6-5-7-11-17/h3-13,19H,1-2,14-16H2. The van der Waals surface area contributed by atoms with Crippen LogP contribution in [0.4, 0.5) is 0 Å². The van der Waals surface area contributed by atoms with Crippen molar-refractivity contribution in [3.8, 4) is 0 Å². The van der Waals surface area contributed by atoms with E-state index in [-0.39, 0.29) is 6.10 Å². The van der Waals surface area contributed by atoms with Crippen molar-refractivity contribution in [2.24, 2.45) is 0 Å². The maximum atomic E-state index is 6.34. The van der Waals surface area contributed by atoms with Crippen LogP contribution in [0.1, 0.15) is 16.7 Å². The smallest absolute Gasteiger partial charge is 0.116 e. The summed E-state index contributed by atoms with van der Waals surface area (Å²) >= 11 is 0. The van der Waals surface area contributed by atoms with Crippen molar-refractivity contribution in [2.75, 3.05) is 13.2 Å². The summed E-state index contributed by atoms with van der Waals surface area (Å²) in [6.45, 7) is 9.37. The summed E-state index contributed by atoms with van der Waals surface area (Å²) in [5.74, 6) is 0. The molecule has 0 saturated carbocycles. The zero-order valence-corrected chi connectivity index (χ0v) is 13.3. The fourth-order valence-corrected chi connectivity index (χ4v) is 2.83. The van der Waals surface area contributed by atoms with Gasteiger partial charge in [-0.3, -0.25) is 0 Å². The van der Waals surface area contributed by atoms with E-state index in [2.05, 4.69) is 37.4 Å². The molecule has 2 aromatic carbocycles. The van der Waals surface area contributed by atoms with Crippen LogP contribution in [0.3, 0.4) is 0 Å². The van der Waals surface area contributed by atoms with E-state index in [4.69, 9.17) is 9.47 Å². The molecular weight excluding hydrogens is 284 g/mol. The molecule has 2 atom stereocenters. The van der Waals surface area contributed by atoms with Crippen LogP contribution in [0.2, 0.25) is 0 Å². The van der Waals surface area contributed by atoms with Gasteiger partial charge >= 0.3 is 0 Å². The van der Waals surface area contributed by atoms with Crippen molar-refractivity contribution in [2.45, 2.75) is 18.1 Å². The zero-order chi connectivity index (χ0) is 16.1. The highest BCUT2D eigenvalue weighted by atomic mass is 16.6. The molecule has 1 fully saturated rings. The van der Waals surface area contributed by atoms with E-state index in [0.29, 0.717) is 6.61 Å². The van der Waals surface area contributed by atoms with Gasteiger partial charge in [0.05, 0.1) is 13.2 Å². The Morgan fingerprint density at radius 3 is 2.43 bits per heavy atom. The fraction of sp³-hybridized carbons (Fsp3) is 0.238. The Kier molecular flexibility index (Phi) is 4.75. The molecule has 1 aliphatic rings. The molecule has 1 saturated heterocycles. The first-order valence-electron chi connectivity index (χ1n) is 7.92. The van der Waals surface area contributed by atoms with E-state index in [9.17, 15) is 0 Å². The predicted molar refractivity (Wildman–Crippen MR) is 94.2 cm³/mol. The Balaban J connectivity index is 1.99. The molecule has 2 nitrogen and oxygen atoms in total. The Morgan fingerprint density at radius 1 is 1.09 bits per heavy atom. The van der Waals surface area contributed by atoms with Crippen molar-refractivity contribution in [3.63, 3.8) is 0 Å². The molecule has 2 unspecified atom stereocenters. The summed E-state index contributed by atoms with van der Waals surface area (Å²) < 4.78 is 11.7. The molecule has 0 aromatic heterocycles. The summed E-state index contributed by atoms with van der Waals surface area (Å²) in [4.78, 5) is 0. The van der Waals surface area contributed by atoms with E-state index in [0.717, 1.165) is 24.2 Å². The lowest BCUT2D eigenvalue weighted by Gasteiger charge is -2.33. The highest BCUT2D eigenvalue weighted by Crippen LogP contribution is 2.35. The van der Waals surface area contributed by atoms with Crippen LogP contribution in [0.5, 0.6) is 0 Å². The van der Waals surface area contributed by atoms with Gasteiger partial charge in [-0.1, -0.05) is 79.9 Å². The van der Waals surface area contributed by atoms with Crippen LogP contribution in [-0.4, -0.2) is 19.3 Å². The molecule has 0 bridgehead atoms. The van der Waals surface area contributed by atoms with E-state index in [1.807, 2.05) is 42.5 Å². The molecule has 3 rings (SSSR count). The SMILES string of the molecule is C=Cc1ccccc1C(C=C)(Cc1ccccc1)OCC1CO1. The summed E-state index contributed by atoms with van der Waals surface area (Å²) in [6, 6.07) is 18.5. The highest BCUT2D eigenvalue weighted by Gasteiger charge is 2.35. The molecule has 1 aliphatic heterocycles. The Labute approximate surface area is 138 Å². The maximum absolute atomic E-state index is 6.34. The molecule has 2 aromatic rings. The molecule has 0 spiro atoms. The molecule has 0 N–H and O–H groups in total. The second-order valence-corrected chi connectivity index (χ2v) is 5.81. The molecule has 118 valence electrons. The Bertz CT molecular complexity index is 673. The van der Waals surface area contributed by atoms with Gasteiger partial charge in [0.1, 0.15) is 11.7 Å². The summed E-state index contributed by atoms with van der Waals surface area (Å²) in [5.41, 5.74) is 2.79. The van der Waals surface area contributed by atoms with Gasteiger partial charge < -0.3 is 9.47 Å². The van der Waals surface area contributed by atoms with E-state index in [1.54, 1.807) is 0 Å². The minimum Gasteiger partial charge on any atom is -0.371 e. The molecule has 0 aliphatic carbocycles. The van der Waals surface area contributed by atoms with Crippen LogP contribution in [-0.2, 0) is 21.5 Å². The monoisotopic (exact) mass is 306 g/mol. The number of hydrogen-bond acceptors (Lipinski definition) is 2. The van der Waals surface area contributed by atoms with Crippen LogP contribution >= 0.6 is 0 Å². The summed E-state index contributed by atoms with van der Waals surface area (Å²) in [5, 5.41) is 0. The quantitative estimate of drug-likeness (QED) is 0.533. The topological polar surface area (TPSA) is 21.8 Å². The second kappa shape index (κ2) is 6.95. The van der Waals surface area contributed by atoms with Gasteiger partial charge in [0, 0.05) is 6.42 Å². The third-order valence-corrected chi connectivity index (χ3v) is 4.21. The largest absolute Gasteiger partial charge is 0.371 e. The van der Waals surface area contributed by atoms with Crippen LogP contribution < -0.4 is 0 Å². The predicted octanol–water partition coefficient (Wildman–Crippen LogP) is 4.37. The lowest BCUT2D eigenvalue weighted by Crippen LogP contribution is -2.32. The maximum Gasteiger partial charge on any atom is 0.116 e. The van der Waals surface area contributed by atoms with Crippen LogP contribution in [0.15, 0.2) is 73.8 Å². The van der Waals surface area contributed by atoms with Crippen molar-refractivity contribution in [1.82, 2.24) is 0 Å². The minimum atomic E-state index is -0.585. The zero-order valence-electron chi connectivity index (χ0n) is 13.3. The van der Waals surface area contributed by atoms with Gasteiger partial charge in [-0.05, 0) is 16.7 Å². The van der Waals surface area contributed by atoms with Crippen LogP contribution in [0, 0.1) is 0 Å². The van der Waals surface area contributed by atoms with Crippen molar-refractivity contribution in [3.05, 3.63) is 90.5 Å². The van der Waals surface area contributed by atoms with Gasteiger partial charge in [-0.2, -0.15) is 0 Å². The molecule has 0 radical (unpaired) electrons. The summed E-state index contributed by atoms with van der Waals surface area (Å²) in [7, 11) is 0.